The molecule has 4 rings (SSSR count). The van der Waals surface area contributed by atoms with Crippen LogP contribution in [0.4, 0.5) is 5.13 Å². The zero-order valence-electron chi connectivity index (χ0n) is 15.0. The summed E-state index contributed by atoms with van der Waals surface area (Å²) >= 11 is 1.25. The molecule has 2 aromatic heterocycles. The van der Waals surface area contributed by atoms with Gasteiger partial charge in [0.05, 0.1) is 16.6 Å². The summed E-state index contributed by atoms with van der Waals surface area (Å²) in [7, 11) is 0. The summed E-state index contributed by atoms with van der Waals surface area (Å²) in [6.07, 6.45) is 2.46. The first-order valence-electron chi connectivity index (χ1n) is 8.60. The Labute approximate surface area is 169 Å². The van der Waals surface area contributed by atoms with Crippen LogP contribution in [0, 0.1) is 11.3 Å². The van der Waals surface area contributed by atoms with Crippen LogP contribution in [0.3, 0.4) is 0 Å². The number of amides is 1. The molecule has 0 bridgehead atoms. The van der Waals surface area contributed by atoms with Crippen LogP contribution in [-0.2, 0) is 4.79 Å². The first-order chi connectivity index (χ1) is 14.2. The van der Waals surface area contributed by atoms with E-state index < -0.39 is 5.91 Å². The monoisotopic (exact) mass is 399 g/mol. The van der Waals surface area contributed by atoms with Crippen LogP contribution in [0.5, 0.6) is 0 Å². The molecule has 0 unspecified atom stereocenters. The quantitative estimate of drug-likeness (QED) is 0.404. The Bertz CT molecular complexity index is 1330. The summed E-state index contributed by atoms with van der Waals surface area (Å²) in [5.41, 5.74) is 1.68. The third kappa shape index (κ3) is 3.83. The molecule has 0 fully saturated rings. The second-order valence-corrected chi connectivity index (χ2v) is 6.90. The summed E-state index contributed by atoms with van der Waals surface area (Å²) < 4.78 is 5.42. The highest BCUT2D eigenvalue weighted by Crippen LogP contribution is 2.25. The predicted octanol–water partition coefficient (Wildman–Crippen LogP) is 4.46. The molecule has 0 aliphatic carbocycles. The van der Waals surface area contributed by atoms with Gasteiger partial charge in [-0.3, -0.25) is 14.9 Å². The van der Waals surface area contributed by atoms with Crippen LogP contribution in [0.15, 0.2) is 81.0 Å². The number of hydrogen-bond donors (Lipinski definition) is 1. The highest BCUT2D eigenvalue weighted by Gasteiger charge is 2.14. The zero-order valence-corrected chi connectivity index (χ0v) is 15.8. The van der Waals surface area contributed by atoms with Crippen molar-refractivity contribution >= 4 is 39.4 Å². The number of para-hydroxylation sites is 1. The Morgan fingerprint density at radius 1 is 1.14 bits per heavy atom. The summed E-state index contributed by atoms with van der Waals surface area (Å²) in [5.74, 6) is -0.644. The van der Waals surface area contributed by atoms with E-state index in [9.17, 15) is 14.9 Å². The molecular formula is C22H13N3O3S. The molecule has 0 spiro atoms. The number of anilines is 1. The number of nitriles is 1. The van der Waals surface area contributed by atoms with E-state index in [4.69, 9.17) is 4.42 Å². The molecule has 1 amide bonds. The Morgan fingerprint density at radius 3 is 2.69 bits per heavy atom. The third-order valence-electron chi connectivity index (χ3n) is 4.17. The Morgan fingerprint density at radius 2 is 1.90 bits per heavy atom. The standard InChI is InChI=1S/C22H13N3O3S/c23-11-15(10-16-12-28-19-9-5-4-8-17(19)20(16)26)21(27)25-22-24-18(13-29-22)14-6-2-1-3-7-14/h1-10,12-13H,(H,24,25,27)/b15-10-. The lowest BCUT2D eigenvalue weighted by atomic mass is 10.1. The first-order valence-corrected chi connectivity index (χ1v) is 9.48. The van der Waals surface area contributed by atoms with Gasteiger partial charge in [0.15, 0.2) is 10.6 Å². The maximum Gasteiger partial charge on any atom is 0.268 e. The van der Waals surface area contributed by atoms with Gasteiger partial charge in [-0.15, -0.1) is 11.3 Å². The highest BCUT2D eigenvalue weighted by atomic mass is 32.1. The van der Waals surface area contributed by atoms with E-state index in [2.05, 4.69) is 10.3 Å². The predicted molar refractivity (Wildman–Crippen MR) is 112 cm³/mol. The molecule has 29 heavy (non-hydrogen) atoms. The number of nitrogens with zero attached hydrogens (tertiary/aromatic N) is 2. The van der Waals surface area contributed by atoms with Crippen molar-refractivity contribution in [1.29, 1.82) is 5.26 Å². The van der Waals surface area contributed by atoms with Gasteiger partial charge in [-0.05, 0) is 18.2 Å². The van der Waals surface area contributed by atoms with Gasteiger partial charge < -0.3 is 4.42 Å². The van der Waals surface area contributed by atoms with Gasteiger partial charge in [0.2, 0.25) is 0 Å². The molecule has 4 aromatic rings. The molecule has 0 saturated carbocycles. The minimum atomic E-state index is -0.644. The lowest BCUT2D eigenvalue weighted by Gasteiger charge is -2.01. The number of fused-ring (bicyclic) bond motifs is 1. The summed E-state index contributed by atoms with van der Waals surface area (Å²) in [6, 6.07) is 18.2. The highest BCUT2D eigenvalue weighted by molar-refractivity contribution is 7.14. The van der Waals surface area contributed by atoms with Gasteiger partial charge >= 0.3 is 0 Å². The minimum Gasteiger partial charge on any atom is -0.463 e. The Balaban J connectivity index is 1.59. The van der Waals surface area contributed by atoms with Gasteiger partial charge in [0.25, 0.3) is 5.91 Å². The summed E-state index contributed by atoms with van der Waals surface area (Å²) in [4.78, 5) is 29.4. The van der Waals surface area contributed by atoms with Crippen LogP contribution in [-0.4, -0.2) is 10.9 Å². The van der Waals surface area contributed by atoms with Crippen molar-refractivity contribution < 1.29 is 9.21 Å². The van der Waals surface area contributed by atoms with Crippen LogP contribution in [0.1, 0.15) is 5.56 Å². The number of carbonyl (C=O) groups excluding carboxylic acids is 1. The molecule has 2 heterocycles. The SMILES string of the molecule is N#C/C(=C/c1coc2ccccc2c1=O)C(=O)Nc1nc(-c2ccccc2)cs1. The lowest BCUT2D eigenvalue weighted by molar-refractivity contribution is -0.112. The number of thiazole rings is 1. The third-order valence-corrected chi connectivity index (χ3v) is 4.92. The molecule has 0 aliphatic heterocycles. The van der Waals surface area contributed by atoms with Crippen molar-refractivity contribution in [2.75, 3.05) is 5.32 Å². The van der Waals surface area contributed by atoms with Crippen LogP contribution >= 0.6 is 11.3 Å². The van der Waals surface area contributed by atoms with Crippen molar-refractivity contribution in [3.8, 4) is 17.3 Å². The summed E-state index contributed by atoms with van der Waals surface area (Å²) in [6.45, 7) is 0. The van der Waals surface area contributed by atoms with E-state index >= 15 is 0 Å². The Kier molecular flexibility index (Phi) is 5.01. The van der Waals surface area contributed by atoms with E-state index in [1.807, 2.05) is 41.8 Å². The minimum absolute atomic E-state index is 0.125. The average Bonchev–Trinajstić information content (AvgIpc) is 3.22. The Hall–Kier alpha value is -4.02. The average molecular weight is 399 g/mol. The number of carbonyl (C=O) groups is 1. The fourth-order valence-electron chi connectivity index (χ4n) is 2.73. The molecular weight excluding hydrogens is 386 g/mol. The number of rotatable bonds is 4. The normalized spacial score (nSPS) is 11.2. The molecule has 0 aliphatic rings. The van der Waals surface area contributed by atoms with E-state index in [1.54, 1.807) is 24.3 Å². The molecule has 140 valence electrons. The van der Waals surface area contributed by atoms with Crippen molar-refractivity contribution in [3.63, 3.8) is 0 Å². The fourth-order valence-corrected chi connectivity index (χ4v) is 3.45. The maximum absolute atomic E-state index is 12.6. The zero-order chi connectivity index (χ0) is 20.2. The van der Waals surface area contributed by atoms with Gasteiger partial charge in [0.1, 0.15) is 23.5 Å². The van der Waals surface area contributed by atoms with E-state index in [1.165, 1.54) is 23.7 Å². The van der Waals surface area contributed by atoms with Crippen LogP contribution in [0.2, 0.25) is 0 Å². The smallest absolute Gasteiger partial charge is 0.268 e. The number of hydrogen-bond acceptors (Lipinski definition) is 6. The van der Waals surface area contributed by atoms with Crippen molar-refractivity contribution in [2.24, 2.45) is 0 Å². The fraction of sp³-hybridized carbons (Fsp3) is 0. The summed E-state index contributed by atoms with van der Waals surface area (Å²) in [5, 5.41) is 14.6. The van der Waals surface area contributed by atoms with Gasteiger partial charge in [-0.2, -0.15) is 5.26 Å². The molecule has 0 saturated heterocycles. The largest absolute Gasteiger partial charge is 0.463 e. The molecule has 1 N–H and O–H groups in total. The van der Waals surface area contributed by atoms with E-state index in [0.717, 1.165) is 11.3 Å². The van der Waals surface area contributed by atoms with Gasteiger partial charge in [-0.25, -0.2) is 4.98 Å². The number of aromatic nitrogens is 1. The van der Waals surface area contributed by atoms with Crippen LogP contribution in [0.25, 0.3) is 28.3 Å². The maximum atomic E-state index is 12.6. The second kappa shape index (κ2) is 7.92. The molecule has 6 nitrogen and oxygen atoms in total. The van der Waals surface area contributed by atoms with Crippen molar-refractivity contribution in [2.45, 2.75) is 0 Å². The first kappa shape index (κ1) is 18.3. The van der Waals surface area contributed by atoms with Gasteiger partial charge in [0, 0.05) is 10.9 Å². The number of benzene rings is 2. The molecule has 2 aromatic carbocycles. The molecule has 0 radical (unpaired) electrons. The number of nitrogens with one attached hydrogen (secondary N) is 1. The van der Waals surface area contributed by atoms with Crippen molar-refractivity contribution in [1.82, 2.24) is 4.98 Å². The second-order valence-electron chi connectivity index (χ2n) is 6.04. The lowest BCUT2D eigenvalue weighted by Crippen LogP contribution is -2.14. The van der Waals surface area contributed by atoms with E-state index in [0.29, 0.717) is 16.1 Å². The van der Waals surface area contributed by atoms with Crippen molar-refractivity contribution in [3.05, 3.63) is 87.6 Å². The molecule has 0 atom stereocenters. The van der Waals surface area contributed by atoms with Gasteiger partial charge in [-0.1, -0.05) is 42.5 Å². The molecule has 7 heteroatoms. The van der Waals surface area contributed by atoms with Crippen LogP contribution < -0.4 is 10.7 Å². The van der Waals surface area contributed by atoms with E-state index in [-0.39, 0.29) is 16.6 Å². The topological polar surface area (TPSA) is 96.0 Å².